The lowest BCUT2D eigenvalue weighted by atomic mass is 10.4. The number of hydrogen-bond donors (Lipinski definition) is 2. The molecule has 0 atom stereocenters. The van der Waals surface area contributed by atoms with E-state index in [1.807, 2.05) is 6.92 Å². The molecule has 2 aromatic rings. The summed E-state index contributed by atoms with van der Waals surface area (Å²) in [6.07, 6.45) is 3.61. The van der Waals surface area contributed by atoms with Gasteiger partial charge >= 0.3 is 0 Å². The van der Waals surface area contributed by atoms with Gasteiger partial charge in [0.15, 0.2) is 11.5 Å². The van der Waals surface area contributed by atoms with Gasteiger partial charge in [-0.1, -0.05) is 18.3 Å². The fraction of sp³-hybridized carbons (Fsp3) is 0.222. The molecule has 0 unspecified atom stereocenters. The number of carbonyl (C=O) groups excluding carboxylic acids is 1. The van der Waals surface area contributed by atoms with E-state index < -0.39 is 5.91 Å². The minimum Gasteiger partial charge on any atom is -0.382 e. The standard InChI is InChI=1S/C9H10N6OS/c1-2-5-14-15-9(17-5)13-8(16)6-7(10)12-4-3-11-6/h3-4H,2H2,1H3,(H2,10,12)(H,13,15,16). The second-order valence-corrected chi connectivity index (χ2v) is 4.16. The number of carbonyl (C=O) groups is 1. The maximum Gasteiger partial charge on any atom is 0.279 e. The first-order valence-corrected chi connectivity index (χ1v) is 5.72. The Labute approximate surface area is 101 Å². The van der Waals surface area contributed by atoms with Crippen LogP contribution in [-0.2, 0) is 6.42 Å². The molecule has 2 aromatic heterocycles. The van der Waals surface area contributed by atoms with Crippen LogP contribution in [0.5, 0.6) is 0 Å². The second kappa shape index (κ2) is 4.83. The van der Waals surface area contributed by atoms with Gasteiger partial charge in [-0.15, -0.1) is 10.2 Å². The molecule has 1 amide bonds. The van der Waals surface area contributed by atoms with E-state index in [0.29, 0.717) is 5.13 Å². The van der Waals surface area contributed by atoms with Gasteiger partial charge in [-0.3, -0.25) is 10.1 Å². The van der Waals surface area contributed by atoms with Crippen LogP contribution in [0.2, 0.25) is 0 Å². The largest absolute Gasteiger partial charge is 0.382 e. The lowest BCUT2D eigenvalue weighted by molar-refractivity contribution is 0.102. The lowest BCUT2D eigenvalue weighted by Gasteiger charge is -2.01. The molecule has 3 N–H and O–H groups in total. The third-order valence-electron chi connectivity index (χ3n) is 1.93. The van der Waals surface area contributed by atoms with Crippen LogP contribution in [0.25, 0.3) is 0 Å². The number of hydrogen-bond acceptors (Lipinski definition) is 7. The van der Waals surface area contributed by atoms with Crippen LogP contribution in [0, 0.1) is 0 Å². The number of nitrogen functional groups attached to an aromatic ring is 1. The molecule has 0 saturated heterocycles. The highest BCUT2D eigenvalue weighted by atomic mass is 32.1. The molecule has 0 aromatic carbocycles. The third-order valence-corrected chi connectivity index (χ3v) is 2.91. The Hall–Kier alpha value is -2.09. The van der Waals surface area contributed by atoms with Crippen molar-refractivity contribution in [2.24, 2.45) is 0 Å². The van der Waals surface area contributed by atoms with Crippen molar-refractivity contribution < 1.29 is 4.79 Å². The summed E-state index contributed by atoms with van der Waals surface area (Å²) in [7, 11) is 0. The fourth-order valence-corrected chi connectivity index (χ4v) is 1.80. The van der Waals surface area contributed by atoms with Crippen LogP contribution < -0.4 is 11.1 Å². The molecule has 0 aliphatic rings. The molecule has 0 radical (unpaired) electrons. The summed E-state index contributed by atoms with van der Waals surface area (Å²) in [5, 5.41) is 11.6. The number of anilines is 2. The Bertz CT molecular complexity index is 540. The predicted molar refractivity (Wildman–Crippen MR) is 63.7 cm³/mol. The first kappa shape index (κ1) is 11.4. The number of aryl methyl sites for hydroxylation is 1. The Kier molecular flexibility index (Phi) is 3.24. The van der Waals surface area contributed by atoms with Crippen molar-refractivity contribution in [1.29, 1.82) is 0 Å². The zero-order valence-electron chi connectivity index (χ0n) is 9.04. The maximum absolute atomic E-state index is 11.8. The summed E-state index contributed by atoms with van der Waals surface area (Å²) < 4.78 is 0. The van der Waals surface area contributed by atoms with E-state index >= 15 is 0 Å². The van der Waals surface area contributed by atoms with Crippen molar-refractivity contribution in [3.05, 3.63) is 23.1 Å². The summed E-state index contributed by atoms with van der Waals surface area (Å²) in [6, 6.07) is 0. The van der Waals surface area contributed by atoms with Gasteiger partial charge in [-0.05, 0) is 6.42 Å². The number of nitrogens with zero attached hydrogens (tertiary/aromatic N) is 4. The van der Waals surface area contributed by atoms with Crippen molar-refractivity contribution in [2.75, 3.05) is 11.1 Å². The minimum absolute atomic E-state index is 0.0840. The number of aromatic nitrogens is 4. The van der Waals surface area contributed by atoms with Crippen molar-refractivity contribution in [3.63, 3.8) is 0 Å². The topological polar surface area (TPSA) is 107 Å². The van der Waals surface area contributed by atoms with Gasteiger partial charge < -0.3 is 5.73 Å². The van der Waals surface area contributed by atoms with Crippen LogP contribution >= 0.6 is 11.3 Å². The smallest absolute Gasteiger partial charge is 0.279 e. The average molecular weight is 250 g/mol. The molecule has 0 saturated carbocycles. The molecule has 2 rings (SSSR count). The Morgan fingerprint density at radius 3 is 2.82 bits per heavy atom. The summed E-state index contributed by atoms with van der Waals surface area (Å²) in [6.45, 7) is 1.97. The Morgan fingerprint density at radius 1 is 1.41 bits per heavy atom. The maximum atomic E-state index is 11.8. The summed E-state index contributed by atoms with van der Waals surface area (Å²) >= 11 is 1.32. The van der Waals surface area contributed by atoms with Crippen LogP contribution in [0.4, 0.5) is 10.9 Å². The van der Waals surface area contributed by atoms with E-state index in [4.69, 9.17) is 5.73 Å². The van der Waals surface area contributed by atoms with Gasteiger partial charge in [0.1, 0.15) is 5.01 Å². The van der Waals surface area contributed by atoms with Crippen molar-refractivity contribution in [1.82, 2.24) is 20.2 Å². The van der Waals surface area contributed by atoms with E-state index in [2.05, 4.69) is 25.5 Å². The Balaban J connectivity index is 2.14. The van der Waals surface area contributed by atoms with Gasteiger partial charge in [-0.25, -0.2) is 9.97 Å². The van der Waals surface area contributed by atoms with Gasteiger partial charge in [-0.2, -0.15) is 0 Å². The molecule has 2 heterocycles. The normalized spacial score (nSPS) is 10.2. The molecule has 0 aliphatic heterocycles. The monoisotopic (exact) mass is 250 g/mol. The predicted octanol–water partition coefficient (Wildman–Crippen LogP) is 0.725. The number of amides is 1. The van der Waals surface area contributed by atoms with Gasteiger partial charge in [0, 0.05) is 12.4 Å². The summed E-state index contributed by atoms with van der Waals surface area (Å²) in [5.74, 6) is -0.348. The van der Waals surface area contributed by atoms with Gasteiger partial charge in [0.05, 0.1) is 0 Å². The SMILES string of the molecule is CCc1nnc(NC(=O)c2nccnc2N)s1. The van der Waals surface area contributed by atoms with E-state index in [1.54, 1.807) is 0 Å². The molecule has 17 heavy (non-hydrogen) atoms. The van der Waals surface area contributed by atoms with Crippen LogP contribution in [-0.4, -0.2) is 26.1 Å². The third kappa shape index (κ3) is 2.53. The average Bonchev–Trinajstić information content (AvgIpc) is 2.77. The molecule has 88 valence electrons. The fourth-order valence-electron chi connectivity index (χ4n) is 1.13. The van der Waals surface area contributed by atoms with Gasteiger partial charge in [0.2, 0.25) is 5.13 Å². The first-order chi connectivity index (χ1) is 8.20. The molecular weight excluding hydrogens is 240 g/mol. The van der Waals surface area contributed by atoms with Crippen LogP contribution in [0.15, 0.2) is 12.4 Å². The summed E-state index contributed by atoms with van der Waals surface area (Å²) in [4.78, 5) is 19.4. The van der Waals surface area contributed by atoms with Crippen molar-refractivity contribution in [2.45, 2.75) is 13.3 Å². The van der Waals surface area contributed by atoms with Crippen molar-refractivity contribution in [3.8, 4) is 0 Å². The highest BCUT2D eigenvalue weighted by molar-refractivity contribution is 7.15. The molecule has 0 spiro atoms. The number of nitrogens with one attached hydrogen (secondary N) is 1. The first-order valence-electron chi connectivity index (χ1n) is 4.91. The minimum atomic E-state index is -0.436. The molecule has 8 heteroatoms. The van der Waals surface area contributed by atoms with Crippen LogP contribution in [0.1, 0.15) is 22.4 Å². The van der Waals surface area contributed by atoms with E-state index in [9.17, 15) is 4.79 Å². The Morgan fingerprint density at radius 2 is 2.18 bits per heavy atom. The van der Waals surface area contributed by atoms with Crippen LogP contribution in [0.3, 0.4) is 0 Å². The molecule has 0 fully saturated rings. The highest BCUT2D eigenvalue weighted by Crippen LogP contribution is 2.16. The number of rotatable bonds is 3. The lowest BCUT2D eigenvalue weighted by Crippen LogP contribution is -2.16. The second-order valence-electron chi connectivity index (χ2n) is 3.10. The zero-order valence-corrected chi connectivity index (χ0v) is 9.86. The summed E-state index contributed by atoms with van der Waals surface area (Å²) in [5.41, 5.74) is 5.62. The van der Waals surface area contributed by atoms with Gasteiger partial charge in [0.25, 0.3) is 5.91 Å². The van der Waals surface area contributed by atoms with E-state index in [1.165, 1.54) is 23.7 Å². The van der Waals surface area contributed by atoms with E-state index in [-0.39, 0.29) is 11.5 Å². The zero-order chi connectivity index (χ0) is 12.3. The molecule has 0 aliphatic carbocycles. The highest BCUT2D eigenvalue weighted by Gasteiger charge is 2.14. The molecular formula is C9H10N6OS. The molecule has 7 nitrogen and oxygen atoms in total. The van der Waals surface area contributed by atoms with Crippen molar-refractivity contribution >= 4 is 28.2 Å². The quantitative estimate of drug-likeness (QED) is 0.831. The van der Waals surface area contributed by atoms with E-state index in [0.717, 1.165) is 11.4 Å². The molecule has 0 bridgehead atoms. The number of nitrogens with two attached hydrogens (primary N) is 1.